The van der Waals surface area contributed by atoms with E-state index in [4.69, 9.17) is 5.11 Å². The Kier molecular flexibility index (Phi) is 4.87. The van der Waals surface area contributed by atoms with Gasteiger partial charge in [0.2, 0.25) is 0 Å². The molecule has 1 fully saturated rings. The lowest BCUT2D eigenvalue weighted by molar-refractivity contribution is -0.133. The number of hydrogen-bond donors (Lipinski definition) is 1. The number of carboxylic acid groups (broad SMARTS) is 1. The Labute approximate surface area is 118 Å². The molecule has 106 valence electrons. The standard InChI is InChI=1S/C13H21N3O2S/c1-3-15-6-4-5-11(8-15)16-7-10(2)14-13(16)19-9-12(17)18/h7,11H,3-6,8-9H2,1-2H3,(H,17,18). The first kappa shape index (κ1) is 14.4. The molecule has 19 heavy (non-hydrogen) atoms. The number of piperidine rings is 1. The third kappa shape index (κ3) is 3.73. The van der Waals surface area contributed by atoms with Gasteiger partial charge in [-0.2, -0.15) is 0 Å². The number of rotatable bonds is 5. The van der Waals surface area contributed by atoms with Gasteiger partial charge in [-0.3, -0.25) is 4.79 Å². The molecule has 1 aromatic rings. The molecule has 1 unspecified atom stereocenters. The number of imidazole rings is 1. The van der Waals surface area contributed by atoms with Crippen LogP contribution in [0.25, 0.3) is 0 Å². The van der Waals surface area contributed by atoms with Crippen LogP contribution in [0.3, 0.4) is 0 Å². The molecule has 2 heterocycles. The Morgan fingerprint density at radius 1 is 1.63 bits per heavy atom. The minimum atomic E-state index is -0.795. The Morgan fingerprint density at radius 2 is 2.42 bits per heavy atom. The molecule has 0 radical (unpaired) electrons. The second-order valence-electron chi connectivity index (χ2n) is 4.94. The highest BCUT2D eigenvalue weighted by molar-refractivity contribution is 7.99. The van der Waals surface area contributed by atoms with Crippen LogP contribution in [-0.4, -0.2) is 50.9 Å². The summed E-state index contributed by atoms with van der Waals surface area (Å²) in [6.07, 6.45) is 4.39. The van der Waals surface area contributed by atoms with Crippen molar-refractivity contribution in [2.24, 2.45) is 0 Å². The molecule has 0 aliphatic carbocycles. The maximum Gasteiger partial charge on any atom is 0.313 e. The number of aliphatic carboxylic acids is 1. The van der Waals surface area contributed by atoms with E-state index in [9.17, 15) is 4.79 Å². The highest BCUT2D eigenvalue weighted by Crippen LogP contribution is 2.27. The van der Waals surface area contributed by atoms with Gasteiger partial charge in [0.05, 0.1) is 11.4 Å². The van der Waals surface area contributed by atoms with E-state index in [2.05, 4.69) is 21.4 Å². The predicted octanol–water partition coefficient (Wildman–Crippen LogP) is 2.03. The molecule has 0 amide bonds. The van der Waals surface area contributed by atoms with Crippen molar-refractivity contribution in [3.63, 3.8) is 0 Å². The second-order valence-corrected chi connectivity index (χ2v) is 5.89. The van der Waals surface area contributed by atoms with Crippen LogP contribution >= 0.6 is 11.8 Å². The van der Waals surface area contributed by atoms with Crippen molar-refractivity contribution in [3.8, 4) is 0 Å². The number of likely N-dealkylation sites (tertiary alicyclic amines) is 1. The molecule has 1 saturated heterocycles. The van der Waals surface area contributed by atoms with Gasteiger partial charge in [0.15, 0.2) is 5.16 Å². The molecule has 1 atom stereocenters. The van der Waals surface area contributed by atoms with E-state index in [1.54, 1.807) is 0 Å². The van der Waals surface area contributed by atoms with Crippen LogP contribution in [0.4, 0.5) is 0 Å². The molecule has 0 spiro atoms. The number of carbonyl (C=O) groups is 1. The van der Waals surface area contributed by atoms with Crippen LogP contribution < -0.4 is 0 Å². The van der Waals surface area contributed by atoms with E-state index < -0.39 is 5.97 Å². The number of aromatic nitrogens is 2. The van der Waals surface area contributed by atoms with Crippen LogP contribution in [0, 0.1) is 6.92 Å². The number of nitrogens with zero attached hydrogens (tertiary/aromatic N) is 3. The normalized spacial score (nSPS) is 20.6. The van der Waals surface area contributed by atoms with Gasteiger partial charge >= 0.3 is 5.97 Å². The average Bonchev–Trinajstić information content (AvgIpc) is 2.77. The number of aryl methyl sites for hydroxylation is 1. The third-order valence-corrected chi connectivity index (χ3v) is 4.42. The van der Waals surface area contributed by atoms with Crippen LogP contribution in [0.1, 0.15) is 31.5 Å². The third-order valence-electron chi connectivity index (χ3n) is 3.46. The van der Waals surface area contributed by atoms with Crippen LogP contribution in [0.15, 0.2) is 11.4 Å². The van der Waals surface area contributed by atoms with Gasteiger partial charge < -0.3 is 14.6 Å². The van der Waals surface area contributed by atoms with Crippen molar-refractivity contribution in [2.75, 3.05) is 25.4 Å². The van der Waals surface area contributed by atoms with Gasteiger partial charge in [-0.05, 0) is 32.9 Å². The second kappa shape index (κ2) is 6.43. The maximum atomic E-state index is 10.7. The summed E-state index contributed by atoms with van der Waals surface area (Å²) in [7, 11) is 0. The quantitative estimate of drug-likeness (QED) is 0.838. The van der Waals surface area contributed by atoms with Gasteiger partial charge in [0.25, 0.3) is 0 Å². The summed E-state index contributed by atoms with van der Waals surface area (Å²) in [4.78, 5) is 17.6. The molecule has 5 nitrogen and oxygen atoms in total. The van der Waals surface area contributed by atoms with Gasteiger partial charge in [0, 0.05) is 18.8 Å². The van der Waals surface area contributed by atoms with Crippen molar-refractivity contribution in [3.05, 3.63) is 11.9 Å². The van der Waals surface area contributed by atoms with Crippen LogP contribution in [-0.2, 0) is 4.79 Å². The van der Waals surface area contributed by atoms with Gasteiger partial charge in [0.1, 0.15) is 0 Å². The summed E-state index contributed by atoms with van der Waals surface area (Å²) in [6.45, 7) is 7.41. The van der Waals surface area contributed by atoms with Crippen molar-refractivity contribution in [1.29, 1.82) is 0 Å². The van der Waals surface area contributed by atoms with Crippen molar-refractivity contribution < 1.29 is 9.90 Å². The van der Waals surface area contributed by atoms with Crippen molar-refractivity contribution in [2.45, 2.75) is 37.9 Å². The summed E-state index contributed by atoms with van der Waals surface area (Å²) in [5, 5.41) is 9.63. The Hall–Kier alpha value is -1.01. The average molecular weight is 283 g/mol. The molecule has 0 saturated carbocycles. The van der Waals surface area contributed by atoms with E-state index in [1.807, 2.05) is 13.1 Å². The minimum absolute atomic E-state index is 0.0701. The molecular weight excluding hydrogens is 262 g/mol. The lowest BCUT2D eigenvalue weighted by Crippen LogP contribution is -2.36. The molecule has 1 aromatic heterocycles. The summed E-state index contributed by atoms with van der Waals surface area (Å²) in [5.41, 5.74) is 0.960. The fourth-order valence-electron chi connectivity index (χ4n) is 2.53. The zero-order valence-corrected chi connectivity index (χ0v) is 12.3. The monoisotopic (exact) mass is 283 g/mol. The topological polar surface area (TPSA) is 58.4 Å². The molecule has 1 aliphatic heterocycles. The zero-order valence-electron chi connectivity index (χ0n) is 11.5. The van der Waals surface area contributed by atoms with E-state index in [1.165, 1.54) is 18.2 Å². The molecule has 6 heteroatoms. The van der Waals surface area contributed by atoms with E-state index >= 15 is 0 Å². The SMILES string of the molecule is CCN1CCCC(n2cc(C)nc2SCC(=O)O)C1. The summed E-state index contributed by atoms with van der Waals surface area (Å²) in [5.74, 6) is -0.725. The Balaban J connectivity index is 2.11. The smallest absolute Gasteiger partial charge is 0.313 e. The zero-order chi connectivity index (χ0) is 13.8. The molecule has 2 rings (SSSR count). The van der Waals surface area contributed by atoms with Crippen molar-refractivity contribution >= 4 is 17.7 Å². The number of thioether (sulfide) groups is 1. The highest BCUT2D eigenvalue weighted by Gasteiger charge is 2.23. The first-order valence-corrected chi connectivity index (χ1v) is 7.71. The number of hydrogen-bond acceptors (Lipinski definition) is 4. The lowest BCUT2D eigenvalue weighted by Gasteiger charge is -2.33. The van der Waals surface area contributed by atoms with Crippen molar-refractivity contribution in [1.82, 2.24) is 14.5 Å². The lowest BCUT2D eigenvalue weighted by atomic mass is 10.1. The van der Waals surface area contributed by atoms with Gasteiger partial charge in [-0.25, -0.2) is 4.98 Å². The first-order valence-electron chi connectivity index (χ1n) is 6.72. The summed E-state index contributed by atoms with van der Waals surface area (Å²) >= 11 is 1.31. The molecular formula is C13H21N3O2S. The van der Waals surface area contributed by atoms with E-state index in [0.29, 0.717) is 6.04 Å². The van der Waals surface area contributed by atoms with Gasteiger partial charge in [-0.15, -0.1) is 0 Å². The van der Waals surface area contributed by atoms with Crippen LogP contribution in [0.5, 0.6) is 0 Å². The number of likely N-dealkylation sites (N-methyl/N-ethyl adjacent to an activating group) is 1. The fourth-order valence-corrected chi connectivity index (χ4v) is 3.35. The molecule has 1 aliphatic rings. The summed E-state index contributed by atoms with van der Waals surface area (Å²) in [6, 6.07) is 0.422. The molecule has 0 aromatic carbocycles. The number of carboxylic acids is 1. The maximum absolute atomic E-state index is 10.7. The first-order chi connectivity index (χ1) is 9.10. The Bertz CT molecular complexity index is 447. The van der Waals surface area contributed by atoms with Gasteiger partial charge in [-0.1, -0.05) is 18.7 Å². The predicted molar refractivity (Wildman–Crippen MR) is 75.7 cm³/mol. The molecule has 0 bridgehead atoms. The Morgan fingerprint density at radius 3 is 3.11 bits per heavy atom. The minimum Gasteiger partial charge on any atom is -0.481 e. The fraction of sp³-hybridized carbons (Fsp3) is 0.692. The van der Waals surface area contributed by atoms with Crippen LogP contribution in [0.2, 0.25) is 0 Å². The summed E-state index contributed by atoms with van der Waals surface area (Å²) < 4.78 is 2.17. The molecule has 1 N–H and O–H groups in total. The largest absolute Gasteiger partial charge is 0.481 e. The van der Waals surface area contributed by atoms with E-state index in [-0.39, 0.29) is 5.75 Å². The van der Waals surface area contributed by atoms with E-state index in [0.717, 1.165) is 36.9 Å². The highest BCUT2D eigenvalue weighted by atomic mass is 32.2.